The van der Waals surface area contributed by atoms with Crippen LogP contribution in [0.3, 0.4) is 0 Å². The molecule has 110 valence electrons. The van der Waals surface area contributed by atoms with E-state index in [9.17, 15) is 4.79 Å². The molecule has 0 unspecified atom stereocenters. The first-order valence-electron chi connectivity index (χ1n) is 6.90. The van der Waals surface area contributed by atoms with Crippen LogP contribution in [-0.2, 0) is 12.8 Å². The zero-order valence-electron chi connectivity index (χ0n) is 11.8. The molecule has 3 rings (SSSR count). The van der Waals surface area contributed by atoms with Crippen LogP contribution in [0.5, 0.6) is 5.75 Å². The lowest BCUT2D eigenvalue weighted by Gasteiger charge is -2.06. The molecule has 0 radical (unpaired) electrons. The number of nitrogens with zero attached hydrogens (tertiary/aromatic N) is 1. The molecule has 1 aromatic carbocycles. The zero-order valence-corrected chi connectivity index (χ0v) is 12.6. The average molecular weight is 303 g/mol. The van der Waals surface area contributed by atoms with Crippen molar-refractivity contribution in [2.75, 3.05) is 18.2 Å². The number of nitrogen functional groups attached to an aromatic ring is 1. The number of aromatic nitrogens is 1. The van der Waals surface area contributed by atoms with E-state index in [-0.39, 0.29) is 5.91 Å². The summed E-state index contributed by atoms with van der Waals surface area (Å²) in [5, 5.41) is 3.51. The molecule has 0 fully saturated rings. The van der Waals surface area contributed by atoms with Crippen molar-refractivity contribution in [3.8, 4) is 5.75 Å². The van der Waals surface area contributed by atoms with Gasteiger partial charge in [-0.05, 0) is 37.8 Å². The van der Waals surface area contributed by atoms with Crippen molar-refractivity contribution in [3.63, 3.8) is 0 Å². The summed E-state index contributed by atoms with van der Waals surface area (Å²) in [6.45, 7) is 0. The lowest BCUT2D eigenvalue weighted by atomic mass is 10.0. The minimum Gasteiger partial charge on any atom is -0.497 e. The molecule has 1 aliphatic carbocycles. The third-order valence-electron chi connectivity index (χ3n) is 3.49. The topological polar surface area (TPSA) is 77.2 Å². The summed E-state index contributed by atoms with van der Waals surface area (Å²) in [4.78, 5) is 18.1. The van der Waals surface area contributed by atoms with E-state index in [2.05, 4.69) is 10.3 Å². The van der Waals surface area contributed by atoms with Crippen molar-refractivity contribution in [1.29, 1.82) is 0 Å². The highest BCUT2D eigenvalue weighted by Crippen LogP contribution is 2.30. The van der Waals surface area contributed by atoms with Crippen molar-refractivity contribution in [2.24, 2.45) is 0 Å². The van der Waals surface area contributed by atoms with Crippen LogP contribution in [0, 0.1) is 0 Å². The number of fused-ring (bicyclic) bond motifs is 1. The molecule has 5 nitrogen and oxygen atoms in total. The lowest BCUT2D eigenvalue weighted by molar-refractivity contribution is 0.102. The number of hydrogen-bond acceptors (Lipinski definition) is 5. The Hall–Kier alpha value is -2.08. The lowest BCUT2D eigenvalue weighted by Crippen LogP contribution is -2.12. The third kappa shape index (κ3) is 3.00. The monoisotopic (exact) mass is 303 g/mol. The first-order chi connectivity index (χ1) is 10.2. The molecule has 2 aromatic rings. The second kappa shape index (κ2) is 5.73. The number of amides is 1. The summed E-state index contributed by atoms with van der Waals surface area (Å²) >= 11 is 1.57. The number of benzene rings is 1. The standard InChI is InChI=1S/C15H17N3O2S/c1-20-11-7-9(6-10(16)8-11)14(19)18-15-17-12-4-2-3-5-13(12)21-15/h6-8H,2-5,16H2,1H3,(H,17,18,19). The number of aryl methyl sites for hydroxylation is 2. The molecule has 0 saturated carbocycles. The minimum absolute atomic E-state index is 0.216. The predicted molar refractivity (Wildman–Crippen MR) is 84.1 cm³/mol. The van der Waals surface area contributed by atoms with E-state index in [0.29, 0.717) is 22.1 Å². The van der Waals surface area contributed by atoms with Crippen molar-refractivity contribution in [2.45, 2.75) is 25.7 Å². The summed E-state index contributed by atoms with van der Waals surface area (Å²) in [7, 11) is 1.55. The smallest absolute Gasteiger partial charge is 0.257 e. The van der Waals surface area contributed by atoms with Crippen LogP contribution < -0.4 is 15.8 Å². The highest BCUT2D eigenvalue weighted by Gasteiger charge is 2.17. The average Bonchev–Trinajstić information content (AvgIpc) is 2.88. The minimum atomic E-state index is -0.216. The van der Waals surface area contributed by atoms with Crippen molar-refractivity contribution < 1.29 is 9.53 Å². The molecule has 1 amide bonds. The van der Waals surface area contributed by atoms with E-state index >= 15 is 0 Å². The van der Waals surface area contributed by atoms with Gasteiger partial charge in [0.2, 0.25) is 0 Å². The molecule has 1 aliphatic rings. The van der Waals surface area contributed by atoms with Gasteiger partial charge in [-0.15, -0.1) is 11.3 Å². The van der Waals surface area contributed by atoms with Crippen LogP contribution in [0.1, 0.15) is 33.8 Å². The Morgan fingerprint density at radius 1 is 1.33 bits per heavy atom. The summed E-state index contributed by atoms with van der Waals surface area (Å²) in [5.74, 6) is 0.352. The Kier molecular flexibility index (Phi) is 3.79. The molecule has 21 heavy (non-hydrogen) atoms. The second-order valence-corrected chi connectivity index (χ2v) is 6.13. The maximum absolute atomic E-state index is 12.3. The van der Waals surface area contributed by atoms with E-state index in [1.54, 1.807) is 36.6 Å². The van der Waals surface area contributed by atoms with Crippen LogP contribution in [0.4, 0.5) is 10.8 Å². The Labute approximate surface area is 127 Å². The van der Waals surface area contributed by atoms with E-state index in [1.165, 1.54) is 17.7 Å². The molecular weight excluding hydrogens is 286 g/mol. The van der Waals surface area contributed by atoms with E-state index in [0.717, 1.165) is 18.5 Å². The number of ether oxygens (including phenoxy) is 1. The Bertz CT molecular complexity index is 658. The molecule has 0 spiro atoms. The van der Waals surface area contributed by atoms with Gasteiger partial charge in [0, 0.05) is 22.2 Å². The number of methoxy groups -OCH3 is 1. The van der Waals surface area contributed by atoms with Gasteiger partial charge >= 0.3 is 0 Å². The Morgan fingerprint density at radius 2 is 2.14 bits per heavy atom. The van der Waals surface area contributed by atoms with Crippen LogP contribution in [0.2, 0.25) is 0 Å². The molecular formula is C15H17N3O2S. The maximum Gasteiger partial charge on any atom is 0.257 e. The van der Waals surface area contributed by atoms with Crippen LogP contribution in [0.25, 0.3) is 0 Å². The van der Waals surface area contributed by atoms with Gasteiger partial charge in [-0.2, -0.15) is 0 Å². The number of anilines is 2. The molecule has 0 atom stereocenters. The fourth-order valence-corrected chi connectivity index (χ4v) is 3.49. The molecule has 3 N–H and O–H groups in total. The van der Waals surface area contributed by atoms with Crippen molar-refractivity contribution in [1.82, 2.24) is 4.98 Å². The van der Waals surface area contributed by atoms with Crippen molar-refractivity contribution >= 4 is 28.1 Å². The Morgan fingerprint density at radius 3 is 2.90 bits per heavy atom. The molecule has 0 bridgehead atoms. The number of hydrogen-bond donors (Lipinski definition) is 2. The van der Waals surface area contributed by atoms with Crippen LogP contribution >= 0.6 is 11.3 Å². The quantitative estimate of drug-likeness (QED) is 0.855. The number of nitrogens with two attached hydrogens (primary N) is 1. The maximum atomic E-state index is 12.3. The largest absolute Gasteiger partial charge is 0.497 e. The Balaban J connectivity index is 1.79. The normalized spacial score (nSPS) is 13.6. The predicted octanol–water partition coefficient (Wildman–Crippen LogP) is 2.87. The number of carbonyl (C=O) groups excluding carboxylic acids is 1. The summed E-state index contributed by atoms with van der Waals surface area (Å²) in [6, 6.07) is 4.98. The SMILES string of the molecule is COc1cc(N)cc(C(=O)Nc2nc3c(s2)CCCC3)c1. The van der Waals surface area contributed by atoms with Gasteiger partial charge in [-0.25, -0.2) is 4.98 Å². The van der Waals surface area contributed by atoms with Crippen LogP contribution in [0.15, 0.2) is 18.2 Å². The molecule has 0 aliphatic heterocycles. The number of thiazole rings is 1. The van der Waals surface area contributed by atoms with Gasteiger partial charge < -0.3 is 10.5 Å². The zero-order chi connectivity index (χ0) is 14.8. The second-order valence-electron chi connectivity index (χ2n) is 5.04. The first kappa shape index (κ1) is 13.9. The summed E-state index contributed by atoms with van der Waals surface area (Å²) in [5.41, 5.74) is 7.87. The fraction of sp³-hybridized carbons (Fsp3) is 0.333. The number of carbonyl (C=O) groups is 1. The van der Waals surface area contributed by atoms with E-state index in [1.807, 2.05) is 0 Å². The van der Waals surface area contributed by atoms with Gasteiger partial charge in [0.15, 0.2) is 5.13 Å². The molecule has 1 aromatic heterocycles. The summed E-state index contributed by atoms with van der Waals surface area (Å²) < 4.78 is 5.13. The van der Waals surface area contributed by atoms with Gasteiger partial charge in [-0.3, -0.25) is 10.1 Å². The summed E-state index contributed by atoms with van der Waals surface area (Å²) in [6.07, 6.45) is 4.45. The van der Waals surface area contributed by atoms with Crippen LogP contribution in [-0.4, -0.2) is 18.0 Å². The van der Waals surface area contributed by atoms with E-state index < -0.39 is 0 Å². The van der Waals surface area contributed by atoms with Gasteiger partial charge in [0.05, 0.1) is 12.8 Å². The molecule has 6 heteroatoms. The number of rotatable bonds is 3. The first-order valence-corrected chi connectivity index (χ1v) is 7.72. The fourth-order valence-electron chi connectivity index (χ4n) is 2.45. The highest BCUT2D eigenvalue weighted by molar-refractivity contribution is 7.15. The molecule has 1 heterocycles. The number of nitrogens with one attached hydrogen (secondary N) is 1. The third-order valence-corrected chi connectivity index (χ3v) is 4.57. The van der Waals surface area contributed by atoms with Gasteiger partial charge in [0.1, 0.15) is 5.75 Å². The van der Waals surface area contributed by atoms with Gasteiger partial charge in [-0.1, -0.05) is 0 Å². The van der Waals surface area contributed by atoms with Crippen molar-refractivity contribution in [3.05, 3.63) is 34.3 Å². The highest BCUT2D eigenvalue weighted by atomic mass is 32.1. The van der Waals surface area contributed by atoms with Gasteiger partial charge in [0.25, 0.3) is 5.91 Å². The van der Waals surface area contributed by atoms with E-state index in [4.69, 9.17) is 10.5 Å². The molecule has 0 saturated heterocycles.